The lowest BCUT2D eigenvalue weighted by atomic mass is 10.1. The third-order valence-corrected chi connectivity index (χ3v) is 6.41. The summed E-state index contributed by atoms with van der Waals surface area (Å²) < 4.78 is 4.73. The van der Waals surface area contributed by atoms with Gasteiger partial charge < -0.3 is 9.13 Å². The maximum Gasteiger partial charge on any atom is 0.0641 e. The van der Waals surface area contributed by atoms with E-state index in [2.05, 4.69) is 119 Å². The number of nitrogens with zero attached hydrogens (tertiary/aromatic N) is 2. The molecule has 6 aromatic rings. The summed E-state index contributed by atoms with van der Waals surface area (Å²) in [4.78, 5) is 0. The molecule has 0 N–H and O–H groups in total. The van der Waals surface area contributed by atoms with E-state index in [1.165, 1.54) is 49.3 Å². The van der Waals surface area contributed by atoms with Crippen molar-refractivity contribution in [3.8, 4) is 5.69 Å². The molecule has 158 valence electrons. The van der Waals surface area contributed by atoms with Gasteiger partial charge in [0.2, 0.25) is 0 Å². The maximum atomic E-state index is 4.12. The summed E-state index contributed by atoms with van der Waals surface area (Å²) in [7, 11) is 0. The van der Waals surface area contributed by atoms with Crippen molar-refractivity contribution in [1.29, 1.82) is 0 Å². The van der Waals surface area contributed by atoms with Crippen LogP contribution in [0, 0.1) is 0 Å². The van der Waals surface area contributed by atoms with Gasteiger partial charge in [-0.1, -0.05) is 79.4 Å². The Hall–Kier alpha value is -4.30. The second kappa shape index (κ2) is 7.68. The zero-order valence-electron chi connectivity index (χ0n) is 18.6. The minimum atomic E-state index is 1.06. The van der Waals surface area contributed by atoms with E-state index in [9.17, 15) is 0 Å². The molecule has 0 saturated heterocycles. The summed E-state index contributed by atoms with van der Waals surface area (Å²) in [6, 6.07) is 32.5. The number of hydrogen-bond donors (Lipinski definition) is 0. The zero-order valence-corrected chi connectivity index (χ0v) is 18.6. The third kappa shape index (κ3) is 2.81. The molecule has 0 aliphatic heterocycles. The zero-order chi connectivity index (χ0) is 22.4. The monoisotopic (exact) mass is 424 g/mol. The fourth-order valence-corrected chi connectivity index (χ4v) is 5.06. The molecule has 0 fully saturated rings. The highest BCUT2D eigenvalue weighted by molar-refractivity contribution is 6.26. The van der Waals surface area contributed by atoms with Crippen LogP contribution in [0.4, 0.5) is 0 Å². The number of aromatic nitrogens is 2. The van der Waals surface area contributed by atoms with Crippen LogP contribution in [0.1, 0.15) is 6.92 Å². The maximum absolute atomic E-state index is 4.12. The van der Waals surface area contributed by atoms with Gasteiger partial charge in [0.05, 0.1) is 22.1 Å². The average molecular weight is 425 g/mol. The van der Waals surface area contributed by atoms with Crippen LogP contribution >= 0.6 is 0 Å². The van der Waals surface area contributed by atoms with Gasteiger partial charge in [0.1, 0.15) is 0 Å². The van der Waals surface area contributed by atoms with Gasteiger partial charge in [0.25, 0.3) is 0 Å². The summed E-state index contributed by atoms with van der Waals surface area (Å²) in [5.74, 6) is 0. The molecule has 0 saturated carbocycles. The van der Waals surface area contributed by atoms with Crippen LogP contribution in [0.3, 0.4) is 0 Å². The lowest BCUT2D eigenvalue weighted by molar-refractivity contribution is 1.19. The molecule has 0 amide bonds. The van der Waals surface area contributed by atoms with E-state index in [0.717, 1.165) is 5.70 Å². The van der Waals surface area contributed by atoms with E-state index in [4.69, 9.17) is 0 Å². The second-order valence-corrected chi connectivity index (χ2v) is 8.22. The van der Waals surface area contributed by atoms with Crippen molar-refractivity contribution >= 4 is 49.3 Å². The van der Waals surface area contributed by atoms with Gasteiger partial charge in [0.15, 0.2) is 0 Å². The number of hydrogen-bond acceptors (Lipinski definition) is 0. The largest absolute Gasteiger partial charge is 0.309 e. The van der Waals surface area contributed by atoms with Gasteiger partial charge in [-0.15, -0.1) is 0 Å². The van der Waals surface area contributed by atoms with Crippen LogP contribution in [-0.2, 0) is 0 Å². The second-order valence-electron chi connectivity index (χ2n) is 8.22. The smallest absolute Gasteiger partial charge is 0.0641 e. The Morgan fingerprint density at radius 3 is 2.15 bits per heavy atom. The fraction of sp³-hybridized carbons (Fsp3) is 0.0323. The van der Waals surface area contributed by atoms with Crippen LogP contribution in [0.5, 0.6) is 0 Å². The van der Waals surface area contributed by atoms with Gasteiger partial charge in [-0.3, -0.25) is 0 Å². The van der Waals surface area contributed by atoms with E-state index in [0.29, 0.717) is 0 Å². The molecule has 0 aliphatic rings. The average Bonchev–Trinajstić information content (AvgIpc) is 3.38. The molecule has 0 radical (unpaired) electrons. The van der Waals surface area contributed by atoms with Crippen LogP contribution in [0.25, 0.3) is 55.0 Å². The van der Waals surface area contributed by atoms with Crippen LogP contribution in [0.15, 0.2) is 122 Å². The van der Waals surface area contributed by atoms with Crippen molar-refractivity contribution in [2.45, 2.75) is 6.92 Å². The van der Waals surface area contributed by atoms with Crippen molar-refractivity contribution in [1.82, 2.24) is 9.13 Å². The van der Waals surface area contributed by atoms with E-state index in [1.54, 1.807) is 0 Å². The molecule has 33 heavy (non-hydrogen) atoms. The Labute approximate surface area is 193 Å². The minimum absolute atomic E-state index is 1.06. The van der Waals surface area contributed by atoms with Crippen LogP contribution in [0.2, 0.25) is 0 Å². The van der Waals surface area contributed by atoms with E-state index in [-0.39, 0.29) is 0 Å². The Balaban J connectivity index is 1.89. The first-order chi connectivity index (χ1) is 16.3. The lowest BCUT2D eigenvalue weighted by Gasteiger charge is -2.10. The first-order valence-electron chi connectivity index (χ1n) is 11.3. The van der Waals surface area contributed by atoms with Gasteiger partial charge in [-0.25, -0.2) is 0 Å². The molecular weight excluding hydrogens is 400 g/mol. The fourth-order valence-electron chi connectivity index (χ4n) is 5.06. The molecule has 2 aromatic heterocycles. The quantitative estimate of drug-likeness (QED) is 0.251. The highest BCUT2D eigenvalue weighted by Crippen LogP contribution is 2.41. The van der Waals surface area contributed by atoms with Gasteiger partial charge >= 0.3 is 0 Å². The van der Waals surface area contributed by atoms with Crippen molar-refractivity contribution in [3.05, 3.63) is 122 Å². The molecular formula is C31H24N2. The highest BCUT2D eigenvalue weighted by atomic mass is 15.0. The number of fused-ring (bicyclic) bond motifs is 7. The Morgan fingerprint density at radius 2 is 1.39 bits per heavy atom. The minimum Gasteiger partial charge on any atom is -0.309 e. The molecule has 4 aromatic carbocycles. The summed E-state index contributed by atoms with van der Waals surface area (Å²) in [5, 5.41) is 5.04. The molecule has 0 bridgehead atoms. The normalized spacial score (nSPS) is 12.6. The molecule has 0 atom stereocenters. The van der Waals surface area contributed by atoms with Crippen LogP contribution < -0.4 is 0 Å². The summed E-state index contributed by atoms with van der Waals surface area (Å²) in [5.41, 5.74) is 7.04. The Kier molecular flexibility index (Phi) is 4.51. The summed E-state index contributed by atoms with van der Waals surface area (Å²) in [6.45, 7) is 6.15. The van der Waals surface area contributed by atoms with Gasteiger partial charge in [-0.2, -0.15) is 0 Å². The van der Waals surface area contributed by atoms with E-state index < -0.39 is 0 Å². The predicted octanol–water partition coefficient (Wildman–Crippen LogP) is 8.49. The number of para-hydroxylation sites is 3. The number of rotatable bonds is 4. The van der Waals surface area contributed by atoms with Crippen molar-refractivity contribution in [2.24, 2.45) is 0 Å². The van der Waals surface area contributed by atoms with Gasteiger partial charge in [-0.05, 0) is 49.4 Å². The first kappa shape index (κ1) is 19.4. The molecule has 0 aliphatic carbocycles. The summed E-state index contributed by atoms with van der Waals surface area (Å²) >= 11 is 0. The van der Waals surface area contributed by atoms with Gasteiger partial charge in [0, 0.05) is 32.9 Å². The highest BCUT2D eigenvalue weighted by Gasteiger charge is 2.20. The molecule has 6 rings (SSSR count). The van der Waals surface area contributed by atoms with E-state index >= 15 is 0 Å². The van der Waals surface area contributed by atoms with E-state index in [1.807, 2.05) is 19.1 Å². The topological polar surface area (TPSA) is 9.86 Å². The standard InChI is InChI=1S/C31H24N2/c1-3-5-13-22(4-2)32-28-19-12-10-17-26(28)30-29(32)21-20-25-24-16-9-11-18-27(24)33(31(25)30)23-14-7-6-8-15-23/h3-21H,2H2,1H3/b5-3-,22-13+. The Morgan fingerprint density at radius 1 is 0.697 bits per heavy atom. The molecule has 2 heterocycles. The molecule has 0 spiro atoms. The van der Waals surface area contributed by atoms with Crippen LogP contribution in [-0.4, -0.2) is 9.13 Å². The molecule has 0 unspecified atom stereocenters. The first-order valence-corrected chi connectivity index (χ1v) is 11.3. The lowest BCUT2D eigenvalue weighted by Crippen LogP contribution is -1.95. The SMILES string of the molecule is C=C/C(=C\C=C/C)n1c2ccccc2c2c1ccc1c3ccccc3n(-c3ccccc3)c12. The van der Waals surface area contributed by atoms with Crippen molar-refractivity contribution in [3.63, 3.8) is 0 Å². The van der Waals surface area contributed by atoms with Crippen molar-refractivity contribution in [2.75, 3.05) is 0 Å². The number of benzene rings is 4. The predicted molar refractivity (Wildman–Crippen MR) is 143 cm³/mol. The molecule has 2 heteroatoms. The van der Waals surface area contributed by atoms with Crippen molar-refractivity contribution < 1.29 is 0 Å². The third-order valence-electron chi connectivity index (χ3n) is 6.41. The number of allylic oxidation sites excluding steroid dienone is 5. The summed E-state index contributed by atoms with van der Waals surface area (Å²) in [6.07, 6.45) is 8.17. The Bertz CT molecular complexity index is 1720. The molecule has 2 nitrogen and oxygen atoms in total.